The summed E-state index contributed by atoms with van der Waals surface area (Å²) in [7, 11) is 0. The largest absolute Gasteiger partial charge is 0.434 e. The smallest absolute Gasteiger partial charge is 0.387 e. The van der Waals surface area contributed by atoms with Crippen LogP contribution in [-0.2, 0) is 6.54 Å². The molecule has 4 nitrogen and oxygen atoms in total. The summed E-state index contributed by atoms with van der Waals surface area (Å²) in [5, 5.41) is 1.94. The first-order valence-corrected chi connectivity index (χ1v) is 7.83. The third-order valence-corrected chi connectivity index (χ3v) is 4.51. The number of ether oxygens (including phenoxy) is 1. The summed E-state index contributed by atoms with van der Waals surface area (Å²) in [4.78, 5) is 16.0. The van der Waals surface area contributed by atoms with Gasteiger partial charge in [-0.1, -0.05) is 64.6 Å². The molecule has 2 aromatic rings. The molecule has 0 saturated carbocycles. The van der Waals surface area contributed by atoms with Crippen LogP contribution in [0, 0.1) is 0 Å². The van der Waals surface area contributed by atoms with E-state index in [0.29, 0.717) is 5.56 Å². The van der Waals surface area contributed by atoms with Gasteiger partial charge in [0.05, 0.1) is 15.1 Å². The van der Waals surface area contributed by atoms with E-state index < -0.39 is 12.5 Å². The van der Waals surface area contributed by atoms with Gasteiger partial charge in [-0.25, -0.2) is 4.98 Å². The summed E-state index contributed by atoms with van der Waals surface area (Å²) in [6.07, 6.45) is 0. The van der Waals surface area contributed by atoms with Crippen LogP contribution in [0.4, 0.5) is 8.78 Å². The van der Waals surface area contributed by atoms with Crippen molar-refractivity contribution in [2.75, 3.05) is 0 Å². The van der Waals surface area contributed by atoms with Crippen molar-refractivity contribution in [3.8, 4) is 5.75 Å². The highest BCUT2D eigenvalue weighted by molar-refractivity contribution is 6.52. The van der Waals surface area contributed by atoms with Crippen LogP contribution in [0.15, 0.2) is 24.3 Å². The quantitative estimate of drug-likeness (QED) is 0.680. The molecule has 0 fully saturated rings. The van der Waals surface area contributed by atoms with Crippen molar-refractivity contribution in [2.24, 2.45) is 0 Å². The van der Waals surface area contributed by atoms with Crippen molar-refractivity contribution in [1.82, 2.24) is 10.3 Å². The van der Waals surface area contributed by atoms with E-state index in [1.807, 2.05) is 0 Å². The summed E-state index contributed by atoms with van der Waals surface area (Å²) in [6.45, 7) is -3.08. The zero-order valence-corrected chi connectivity index (χ0v) is 14.6. The number of nitrogens with zero attached hydrogens (tertiary/aromatic N) is 1. The van der Waals surface area contributed by atoms with Gasteiger partial charge in [-0.05, 0) is 6.07 Å². The number of aromatic nitrogens is 1. The van der Waals surface area contributed by atoms with Crippen molar-refractivity contribution in [3.05, 3.63) is 55.7 Å². The van der Waals surface area contributed by atoms with Crippen molar-refractivity contribution < 1.29 is 18.3 Å². The van der Waals surface area contributed by atoms with Crippen LogP contribution in [0.25, 0.3) is 0 Å². The van der Waals surface area contributed by atoms with E-state index >= 15 is 0 Å². The molecule has 0 spiro atoms. The van der Waals surface area contributed by atoms with Crippen molar-refractivity contribution in [1.29, 1.82) is 0 Å². The molecule has 1 heterocycles. The second-order valence-corrected chi connectivity index (χ2v) is 5.85. The minimum absolute atomic E-state index is 0.0565. The molecule has 0 atom stereocenters. The molecule has 1 N–H and O–H groups in total. The lowest BCUT2D eigenvalue weighted by atomic mass is 10.2. The third kappa shape index (κ3) is 4.39. The number of carbonyl (C=O) groups excluding carboxylic acids is 1. The Morgan fingerprint density at radius 3 is 2.46 bits per heavy atom. The summed E-state index contributed by atoms with van der Waals surface area (Å²) in [5.41, 5.74) is 0.108. The lowest BCUT2D eigenvalue weighted by molar-refractivity contribution is -0.0504. The molecule has 10 heteroatoms. The number of carbonyl (C=O) groups is 1. The number of halogens is 6. The fourth-order valence-electron chi connectivity index (χ4n) is 1.76. The Kier molecular flexibility index (Phi) is 6.46. The van der Waals surface area contributed by atoms with Gasteiger partial charge in [0, 0.05) is 12.1 Å². The second-order valence-electron chi connectivity index (χ2n) is 4.36. The molecule has 0 radical (unpaired) electrons. The number of pyridine rings is 1. The van der Waals surface area contributed by atoms with E-state index in [1.165, 1.54) is 18.2 Å². The number of hydrogen-bond donors (Lipinski definition) is 1. The number of amides is 1. The van der Waals surface area contributed by atoms with E-state index in [-0.39, 0.29) is 38.2 Å². The maximum atomic E-state index is 12.4. The standard InChI is InChI=1S/C14H8Cl4F2N2O2/c15-8-9(16)11(22-12(18)10(8)17)13(23)21-5-6-3-1-2-4-7(6)24-14(19)20/h1-4,14H,5H2,(H,21,23). The lowest BCUT2D eigenvalue weighted by Crippen LogP contribution is -2.25. The number of benzene rings is 1. The number of rotatable bonds is 5. The molecule has 0 unspecified atom stereocenters. The maximum absolute atomic E-state index is 12.4. The first-order valence-electron chi connectivity index (χ1n) is 6.32. The molecular formula is C14H8Cl4F2N2O2. The summed E-state index contributed by atoms with van der Waals surface area (Å²) < 4.78 is 29.1. The first-order chi connectivity index (χ1) is 11.3. The fourth-order valence-corrected chi connectivity index (χ4v) is 2.57. The minimum Gasteiger partial charge on any atom is -0.434 e. The van der Waals surface area contributed by atoms with Gasteiger partial charge in [0.15, 0.2) is 0 Å². The van der Waals surface area contributed by atoms with Crippen LogP contribution >= 0.6 is 46.4 Å². The Labute approximate surface area is 155 Å². The normalized spacial score (nSPS) is 10.8. The van der Waals surface area contributed by atoms with Gasteiger partial charge in [0.25, 0.3) is 5.91 Å². The molecular weight excluding hydrogens is 408 g/mol. The molecule has 24 heavy (non-hydrogen) atoms. The molecule has 0 saturated heterocycles. The van der Waals surface area contributed by atoms with Crippen molar-refractivity contribution in [2.45, 2.75) is 13.2 Å². The minimum atomic E-state index is -2.98. The van der Waals surface area contributed by atoms with Crippen molar-refractivity contribution >= 4 is 52.3 Å². The van der Waals surface area contributed by atoms with Gasteiger partial charge >= 0.3 is 6.61 Å². The van der Waals surface area contributed by atoms with E-state index in [0.717, 1.165) is 0 Å². The molecule has 0 aliphatic carbocycles. The number of nitrogens with one attached hydrogen (secondary N) is 1. The summed E-state index contributed by atoms with van der Waals surface area (Å²) in [6, 6.07) is 6.02. The Morgan fingerprint density at radius 2 is 1.79 bits per heavy atom. The van der Waals surface area contributed by atoms with E-state index in [4.69, 9.17) is 46.4 Å². The molecule has 0 aliphatic rings. The van der Waals surface area contributed by atoms with Crippen LogP contribution in [0.1, 0.15) is 16.1 Å². The van der Waals surface area contributed by atoms with Crippen LogP contribution in [0.2, 0.25) is 20.2 Å². The molecule has 128 valence electrons. The van der Waals surface area contributed by atoms with Gasteiger partial charge in [-0.15, -0.1) is 0 Å². The number of para-hydroxylation sites is 1. The molecule has 1 aromatic heterocycles. The van der Waals surface area contributed by atoms with Crippen LogP contribution in [-0.4, -0.2) is 17.5 Å². The zero-order valence-electron chi connectivity index (χ0n) is 11.6. The Morgan fingerprint density at radius 1 is 1.12 bits per heavy atom. The van der Waals surface area contributed by atoms with Gasteiger partial charge in [0.1, 0.15) is 16.6 Å². The highest BCUT2D eigenvalue weighted by Crippen LogP contribution is 2.36. The van der Waals surface area contributed by atoms with Crippen LogP contribution in [0.3, 0.4) is 0 Å². The van der Waals surface area contributed by atoms with Gasteiger partial charge in [0.2, 0.25) is 0 Å². The fraction of sp³-hybridized carbons (Fsp3) is 0.143. The second kappa shape index (κ2) is 8.16. The van der Waals surface area contributed by atoms with Crippen LogP contribution in [0.5, 0.6) is 5.75 Å². The Bertz CT molecular complexity index is 775. The molecule has 0 bridgehead atoms. The van der Waals surface area contributed by atoms with Gasteiger partial charge in [-0.2, -0.15) is 8.78 Å². The van der Waals surface area contributed by atoms with Gasteiger partial charge < -0.3 is 10.1 Å². The number of alkyl halides is 2. The van der Waals surface area contributed by atoms with E-state index in [1.54, 1.807) is 6.07 Å². The number of hydrogen-bond acceptors (Lipinski definition) is 3. The molecule has 0 aliphatic heterocycles. The summed E-state index contributed by atoms with van der Waals surface area (Å²) >= 11 is 23.3. The third-order valence-electron chi connectivity index (χ3n) is 2.83. The predicted molar refractivity (Wildman–Crippen MR) is 88.5 cm³/mol. The Hall–Kier alpha value is -1.34. The van der Waals surface area contributed by atoms with E-state index in [2.05, 4.69) is 15.0 Å². The average Bonchev–Trinajstić information content (AvgIpc) is 2.54. The lowest BCUT2D eigenvalue weighted by Gasteiger charge is -2.12. The SMILES string of the molecule is O=C(NCc1ccccc1OC(F)F)c1nc(Cl)c(Cl)c(Cl)c1Cl. The van der Waals surface area contributed by atoms with Crippen molar-refractivity contribution in [3.63, 3.8) is 0 Å². The highest BCUT2D eigenvalue weighted by atomic mass is 35.5. The van der Waals surface area contributed by atoms with Crippen LogP contribution < -0.4 is 10.1 Å². The average molecular weight is 416 g/mol. The monoisotopic (exact) mass is 414 g/mol. The topological polar surface area (TPSA) is 51.2 Å². The Balaban J connectivity index is 2.18. The van der Waals surface area contributed by atoms with E-state index in [9.17, 15) is 13.6 Å². The maximum Gasteiger partial charge on any atom is 0.387 e. The molecule has 1 amide bonds. The molecule has 1 aromatic carbocycles. The predicted octanol–water partition coefficient (Wildman–Crippen LogP) is 5.23. The molecule has 2 rings (SSSR count). The summed E-state index contributed by atoms with van der Waals surface area (Å²) in [5.74, 6) is -0.758. The highest BCUT2D eigenvalue weighted by Gasteiger charge is 2.20. The zero-order chi connectivity index (χ0) is 17.9. The first kappa shape index (κ1) is 19.0. The van der Waals surface area contributed by atoms with Gasteiger partial charge in [-0.3, -0.25) is 4.79 Å².